The Morgan fingerprint density at radius 3 is 2.41 bits per heavy atom. The van der Waals surface area contributed by atoms with Crippen LogP contribution in [0.2, 0.25) is 5.02 Å². The van der Waals surface area contributed by atoms with Crippen LogP contribution in [0.3, 0.4) is 0 Å². The average molecular weight is 576 g/mol. The van der Waals surface area contributed by atoms with E-state index < -0.39 is 27.8 Å². The van der Waals surface area contributed by atoms with Crippen molar-refractivity contribution >= 4 is 50.8 Å². The molecule has 2 amide bonds. The molecule has 1 saturated heterocycles. The molecule has 1 aromatic carbocycles. The molecule has 2 N–H and O–H groups in total. The fourth-order valence-corrected chi connectivity index (χ4v) is 5.20. The lowest BCUT2D eigenvalue weighted by Crippen LogP contribution is -2.42. The molecule has 0 spiro atoms. The maximum absolute atomic E-state index is 14.0. The number of hydrogen-bond acceptors (Lipinski definition) is 7. The lowest BCUT2D eigenvalue weighted by molar-refractivity contribution is 0.102. The second-order valence-corrected chi connectivity index (χ2v) is 11.5. The van der Waals surface area contributed by atoms with Gasteiger partial charge in [0, 0.05) is 46.5 Å². The van der Waals surface area contributed by atoms with Gasteiger partial charge in [0.15, 0.2) is 0 Å². The van der Waals surface area contributed by atoms with Crippen molar-refractivity contribution in [2.24, 2.45) is 0 Å². The van der Waals surface area contributed by atoms with Crippen molar-refractivity contribution in [3.05, 3.63) is 77.0 Å². The molecule has 3 aromatic rings. The van der Waals surface area contributed by atoms with E-state index in [1.807, 2.05) is 4.90 Å². The van der Waals surface area contributed by atoms with E-state index >= 15 is 0 Å². The quantitative estimate of drug-likeness (QED) is 0.443. The summed E-state index contributed by atoms with van der Waals surface area (Å²) in [5.74, 6) is -1.71. The molecule has 0 radical (unpaired) electrons. The molecular formula is C25H27ClFN7O4S. The van der Waals surface area contributed by atoms with Crippen molar-refractivity contribution in [3.8, 4) is 0 Å². The Hall–Kier alpha value is -3.65. The first kappa shape index (κ1) is 28.4. The molecule has 1 fully saturated rings. The van der Waals surface area contributed by atoms with Crippen LogP contribution in [-0.2, 0) is 10.2 Å². The highest BCUT2D eigenvalue weighted by molar-refractivity contribution is 7.86. The molecule has 0 atom stereocenters. The van der Waals surface area contributed by atoms with Crippen molar-refractivity contribution in [2.45, 2.75) is 6.42 Å². The molecule has 0 aliphatic carbocycles. The van der Waals surface area contributed by atoms with Gasteiger partial charge in [0.2, 0.25) is 0 Å². The third-order valence-electron chi connectivity index (χ3n) is 6.03. The molecule has 4 rings (SSSR count). The van der Waals surface area contributed by atoms with Crippen LogP contribution in [0.4, 0.5) is 21.6 Å². The molecule has 1 aliphatic rings. The minimum absolute atomic E-state index is 0.0837. The molecule has 0 saturated carbocycles. The second kappa shape index (κ2) is 12.0. The number of hydrogen-bond donors (Lipinski definition) is 2. The minimum atomic E-state index is -3.50. The number of nitrogens with one attached hydrogen (secondary N) is 2. The summed E-state index contributed by atoms with van der Waals surface area (Å²) in [5.41, 5.74) is 0.820. The van der Waals surface area contributed by atoms with Crippen LogP contribution in [-0.4, -0.2) is 79.1 Å². The molecule has 0 unspecified atom stereocenters. The minimum Gasteiger partial charge on any atom is -0.369 e. The summed E-state index contributed by atoms with van der Waals surface area (Å²) in [6, 6.07) is 9.72. The highest BCUT2D eigenvalue weighted by Crippen LogP contribution is 2.22. The molecule has 14 heteroatoms. The molecule has 11 nitrogen and oxygen atoms in total. The van der Waals surface area contributed by atoms with E-state index in [0.29, 0.717) is 37.6 Å². The molecule has 0 bridgehead atoms. The number of benzene rings is 1. The number of rotatable bonds is 7. The molecule has 39 heavy (non-hydrogen) atoms. The SMILES string of the molecule is CN(C)S(=O)(=O)N1CCCN(c2ccc(C(=O)Nc3ccc(F)cc3C(=O)Nc3ccc(Cl)cn3)nc2)CC1. The maximum Gasteiger partial charge on any atom is 0.281 e. The number of amides is 2. The Balaban J connectivity index is 1.44. The van der Waals surface area contributed by atoms with Crippen LogP contribution in [0, 0.1) is 5.82 Å². The van der Waals surface area contributed by atoms with Gasteiger partial charge in [-0.05, 0) is 48.9 Å². The first-order valence-electron chi connectivity index (χ1n) is 12.0. The van der Waals surface area contributed by atoms with Gasteiger partial charge in [-0.3, -0.25) is 9.59 Å². The van der Waals surface area contributed by atoms with E-state index in [-0.39, 0.29) is 22.8 Å². The van der Waals surface area contributed by atoms with Crippen LogP contribution >= 0.6 is 11.6 Å². The van der Waals surface area contributed by atoms with Crippen molar-refractivity contribution in [1.29, 1.82) is 0 Å². The normalized spacial score (nSPS) is 14.6. The van der Waals surface area contributed by atoms with E-state index in [2.05, 4.69) is 20.6 Å². The topological polar surface area (TPSA) is 128 Å². The number of carbonyl (C=O) groups excluding carboxylic acids is 2. The summed E-state index contributed by atoms with van der Waals surface area (Å²) in [7, 11) is -0.490. The fraction of sp³-hybridized carbons (Fsp3) is 0.280. The standard InChI is InChI=1S/C25H27ClFN7O4S/c1-32(2)39(37,38)34-11-3-10-33(12-13-34)19-6-8-22(28-16-19)25(36)30-21-7-5-18(27)14-20(21)24(35)31-23-9-4-17(26)15-29-23/h4-9,14-16H,3,10-13H2,1-2H3,(H,30,36)(H,29,31,35). The molecular weight excluding hydrogens is 549 g/mol. The van der Waals surface area contributed by atoms with Crippen molar-refractivity contribution in [3.63, 3.8) is 0 Å². The Bertz CT molecular complexity index is 1450. The zero-order valence-electron chi connectivity index (χ0n) is 21.3. The molecule has 2 aromatic heterocycles. The zero-order valence-corrected chi connectivity index (χ0v) is 22.8. The summed E-state index contributed by atoms with van der Waals surface area (Å²) >= 11 is 5.81. The van der Waals surface area contributed by atoms with Crippen molar-refractivity contribution in [2.75, 3.05) is 55.8 Å². The molecule has 3 heterocycles. The van der Waals surface area contributed by atoms with Gasteiger partial charge in [-0.15, -0.1) is 0 Å². The largest absolute Gasteiger partial charge is 0.369 e. The van der Waals surface area contributed by atoms with Gasteiger partial charge in [0.25, 0.3) is 22.0 Å². The van der Waals surface area contributed by atoms with Gasteiger partial charge in [0.05, 0.1) is 28.2 Å². The summed E-state index contributed by atoms with van der Waals surface area (Å²) < 4.78 is 41.5. The van der Waals surface area contributed by atoms with E-state index in [4.69, 9.17) is 11.6 Å². The third kappa shape index (κ3) is 6.87. The Labute approximate surface area is 230 Å². The summed E-state index contributed by atoms with van der Waals surface area (Å²) in [5, 5.41) is 5.54. The van der Waals surface area contributed by atoms with E-state index in [0.717, 1.165) is 17.8 Å². The second-order valence-electron chi connectivity index (χ2n) is 8.89. The van der Waals surface area contributed by atoms with Gasteiger partial charge >= 0.3 is 0 Å². The maximum atomic E-state index is 14.0. The van der Waals surface area contributed by atoms with Crippen LogP contribution in [0.25, 0.3) is 0 Å². The van der Waals surface area contributed by atoms with Crippen molar-refractivity contribution < 1.29 is 22.4 Å². The molecule has 1 aliphatic heterocycles. The van der Waals surface area contributed by atoms with Gasteiger partial charge in [-0.1, -0.05) is 11.6 Å². The van der Waals surface area contributed by atoms with Gasteiger partial charge in [-0.25, -0.2) is 14.4 Å². The summed E-state index contributed by atoms with van der Waals surface area (Å²) in [6.45, 7) is 1.83. The Kier molecular flexibility index (Phi) is 8.75. The molecule has 206 valence electrons. The van der Waals surface area contributed by atoms with Gasteiger partial charge in [-0.2, -0.15) is 17.0 Å². The highest BCUT2D eigenvalue weighted by Gasteiger charge is 2.27. The number of carbonyl (C=O) groups is 2. The van der Waals surface area contributed by atoms with E-state index in [1.165, 1.54) is 53.3 Å². The summed E-state index contributed by atoms with van der Waals surface area (Å²) in [4.78, 5) is 36.0. The first-order valence-corrected chi connectivity index (χ1v) is 13.7. The van der Waals surface area contributed by atoms with Crippen LogP contribution < -0.4 is 15.5 Å². The number of aromatic nitrogens is 2. The average Bonchev–Trinajstić information content (AvgIpc) is 3.18. The number of halogens is 2. The van der Waals surface area contributed by atoms with Gasteiger partial charge in [0.1, 0.15) is 17.3 Å². The predicted molar refractivity (Wildman–Crippen MR) is 147 cm³/mol. The van der Waals surface area contributed by atoms with Gasteiger partial charge < -0.3 is 15.5 Å². The van der Waals surface area contributed by atoms with E-state index in [1.54, 1.807) is 12.1 Å². The smallest absolute Gasteiger partial charge is 0.281 e. The van der Waals surface area contributed by atoms with Crippen molar-refractivity contribution in [1.82, 2.24) is 18.6 Å². The predicted octanol–water partition coefficient (Wildman–Crippen LogP) is 3.09. The highest BCUT2D eigenvalue weighted by atomic mass is 35.5. The van der Waals surface area contributed by atoms with Crippen LogP contribution in [0.1, 0.15) is 27.3 Å². The van der Waals surface area contributed by atoms with Crippen LogP contribution in [0.15, 0.2) is 54.9 Å². The summed E-state index contributed by atoms with van der Waals surface area (Å²) in [6.07, 6.45) is 3.53. The number of pyridine rings is 2. The zero-order chi connectivity index (χ0) is 28.2. The first-order chi connectivity index (χ1) is 18.5. The fourth-order valence-electron chi connectivity index (χ4n) is 3.95. The Morgan fingerprint density at radius 2 is 1.74 bits per heavy atom. The van der Waals surface area contributed by atoms with E-state index in [9.17, 15) is 22.4 Å². The lowest BCUT2D eigenvalue weighted by atomic mass is 10.1. The monoisotopic (exact) mass is 575 g/mol. The third-order valence-corrected chi connectivity index (χ3v) is 8.20. The van der Waals surface area contributed by atoms with Crippen LogP contribution in [0.5, 0.6) is 0 Å². The number of nitrogens with zero attached hydrogens (tertiary/aromatic N) is 5. The lowest BCUT2D eigenvalue weighted by Gasteiger charge is -2.25. The number of anilines is 3. The Morgan fingerprint density at radius 1 is 0.949 bits per heavy atom.